The Morgan fingerprint density at radius 3 is 2.24 bits per heavy atom. The van der Waals surface area contributed by atoms with Crippen molar-refractivity contribution in [2.75, 3.05) is 39.3 Å². The van der Waals surface area contributed by atoms with Gasteiger partial charge in [0.1, 0.15) is 0 Å². The van der Waals surface area contributed by atoms with E-state index in [1.165, 1.54) is 0 Å². The molecule has 1 heterocycles. The Hall–Kier alpha value is -1.10. The Kier molecular flexibility index (Phi) is 5.41. The number of nitrogens with zero attached hydrogens (tertiary/aromatic N) is 2. The highest BCUT2D eigenvalue weighted by atomic mass is 16.2. The van der Waals surface area contributed by atoms with E-state index in [0.29, 0.717) is 0 Å². The fourth-order valence-corrected chi connectivity index (χ4v) is 1.79. The van der Waals surface area contributed by atoms with E-state index in [9.17, 15) is 9.59 Å². The summed E-state index contributed by atoms with van der Waals surface area (Å²) >= 11 is 0. The highest BCUT2D eigenvalue weighted by molar-refractivity contribution is 5.85. The van der Waals surface area contributed by atoms with Gasteiger partial charge in [-0.3, -0.25) is 9.59 Å². The summed E-state index contributed by atoms with van der Waals surface area (Å²) in [7, 11) is 0. The second-order valence-electron chi connectivity index (χ2n) is 4.69. The second-order valence-corrected chi connectivity index (χ2v) is 4.69. The van der Waals surface area contributed by atoms with Crippen LogP contribution < -0.4 is 5.32 Å². The van der Waals surface area contributed by atoms with E-state index in [0.717, 1.165) is 32.7 Å². The van der Waals surface area contributed by atoms with Crippen LogP contribution in [0.4, 0.5) is 0 Å². The fourth-order valence-electron chi connectivity index (χ4n) is 1.79. The van der Waals surface area contributed by atoms with Crippen molar-refractivity contribution in [3.8, 4) is 0 Å². The molecule has 1 saturated heterocycles. The van der Waals surface area contributed by atoms with Crippen LogP contribution in [0.15, 0.2) is 0 Å². The monoisotopic (exact) mass is 241 g/mol. The van der Waals surface area contributed by atoms with Gasteiger partial charge in [-0.05, 0) is 6.54 Å². The lowest BCUT2D eigenvalue weighted by atomic mass is 10.2. The van der Waals surface area contributed by atoms with E-state index in [1.54, 1.807) is 0 Å². The molecular formula is C12H23N3O2. The molecule has 5 heteroatoms. The number of hydrogen-bond acceptors (Lipinski definition) is 3. The highest BCUT2D eigenvalue weighted by Crippen LogP contribution is 2.01. The molecule has 1 fully saturated rings. The van der Waals surface area contributed by atoms with Crippen LogP contribution in [0, 0.1) is 5.92 Å². The third-order valence-electron chi connectivity index (χ3n) is 3.11. The van der Waals surface area contributed by atoms with Crippen LogP contribution in [-0.4, -0.2) is 60.9 Å². The molecule has 0 saturated carbocycles. The highest BCUT2D eigenvalue weighted by Gasteiger charge is 2.20. The molecule has 0 aliphatic carbocycles. The normalized spacial score (nSPS) is 17.3. The van der Waals surface area contributed by atoms with Gasteiger partial charge in [0.05, 0.1) is 6.54 Å². The molecule has 0 unspecified atom stereocenters. The van der Waals surface area contributed by atoms with E-state index in [2.05, 4.69) is 17.1 Å². The number of piperazine rings is 1. The second kappa shape index (κ2) is 6.59. The largest absolute Gasteiger partial charge is 0.347 e. The average molecular weight is 241 g/mol. The predicted molar refractivity (Wildman–Crippen MR) is 66.5 cm³/mol. The van der Waals surface area contributed by atoms with E-state index in [-0.39, 0.29) is 24.3 Å². The van der Waals surface area contributed by atoms with Gasteiger partial charge in [-0.1, -0.05) is 20.8 Å². The van der Waals surface area contributed by atoms with Crippen molar-refractivity contribution < 1.29 is 9.59 Å². The van der Waals surface area contributed by atoms with Crippen molar-refractivity contribution in [1.82, 2.24) is 15.1 Å². The Bertz CT molecular complexity index is 271. The van der Waals surface area contributed by atoms with Gasteiger partial charge in [-0.2, -0.15) is 0 Å². The van der Waals surface area contributed by atoms with E-state index in [4.69, 9.17) is 0 Å². The first kappa shape index (κ1) is 14.0. The lowest BCUT2D eigenvalue weighted by molar-refractivity contribution is -0.134. The number of rotatable bonds is 4. The third kappa shape index (κ3) is 4.34. The number of carbonyl (C=O) groups excluding carboxylic acids is 2. The molecule has 0 bridgehead atoms. The van der Waals surface area contributed by atoms with Gasteiger partial charge in [0.25, 0.3) is 0 Å². The minimum absolute atomic E-state index is 0.0229. The average Bonchev–Trinajstić information content (AvgIpc) is 2.35. The molecule has 0 spiro atoms. The van der Waals surface area contributed by atoms with Crippen LogP contribution in [-0.2, 0) is 9.59 Å². The van der Waals surface area contributed by atoms with Gasteiger partial charge >= 0.3 is 0 Å². The van der Waals surface area contributed by atoms with Crippen LogP contribution >= 0.6 is 0 Å². The summed E-state index contributed by atoms with van der Waals surface area (Å²) in [6.07, 6.45) is 0. The van der Waals surface area contributed by atoms with Gasteiger partial charge < -0.3 is 15.1 Å². The molecule has 1 aliphatic rings. The van der Waals surface area contributed by atoms with Crippen LogP contribution in [0.3, 0.4) is 0 Å². The maximum Gasteiger partial charge on any atom is 0.242 e. The van der Waals surface area contributed by atoms with Crippen LogP contribution in [0.2, 0.25) is 0 Å². The number of likely N-dealkylation sites (N-methyl/N-ethyl adjacent to an activating group) is 1. The molecule has 0 atom stereocenters. The zero-order chi connectivity index (χ0) is 12.8. The number of carbonyl (C=O) groups is 2. The summed E-state index contributed by atoms with van der Waals surface area (Å²) in [5, 5.41) is 2.66. The SMILES string of the molecule is CCN1CCN(C(=O)CNC(=O)C(C)C)CC1. The van der Waals surface area contributed by atoms with Crippen molar-refractivity contribution in [2.45, 2.75) is 20.8 Å². The minimum Gasteiger partial charge on any atom is -0.347 e. The summed E-state index contributed by atoms with van der Waals surface area (Å²) in [4.78, 5) is 27.3. The Morgan fingerprint density at radius 2 is 1.76 bits per heavy atom. The molecule has 0 aromatic carbocycles. The van der Waals surface area contributed by atoms with Gasteiger partial charge in [-0.25, -0.2) is 0 Å². The maximum absolute atomic E-state index is 11.8. The topological polar surface area (TPSA) is 52.6 Å². The zero-order valence-electron chi connectivity index (χ0n) is 11.0. The number of nitrogens with one attached hydrogen (secondary N) is 1. The molecule has 2 amide bonds. The van der Waals surface area contributed by atoms with Crippen molar-refractivity contribution in [2.24, 2.45) is 5.92 Å². The summed E-state index contributed by atoms with van der Waals surface area (Å²) in [5.74, 6) is -0.111. The molecule has 1 rings (SSSR count). The fraction of sp³-hybridized carbons (Fsp3) is 0.833. The molecule has 5 nitrogen and oxygen atoms in total. The van der Waals surface area contributed by atoms with Gasteiger partial charge in [-0.15, -0.1) is 0 Å². The Balaban J connectivity index is 2.27. The predicted octanol–water partition coefficient (Wildman–Crippen LogP) is -0.0773. The maximum atomic E-state index is 11.8. The molecule has 0 aromatic heterocycles. The molecule has 0 aromatic rings. The summed E-state index contributed by atoms with van der Waals surface area (Å²) in [6.45, 7) is 10.3. The first-order chi connectivity index (χ1) is 8.04. The lowest BCUT2D eigenvalue weighted by Gasteiger charge is -2.34. The van der Waals surface area contributed by atoms with Crippen LogP contribution in [0.1, 0.15) is 20.8 Å². The molecule has 1 N–H and O–H groups in total. The van der Waals surface area contributed by atoms with Gasteiger partial charge in [0.2, 0.25) is 11.8 Å². The molecule has 0 radical (unpaired) electrons. The Morgan fingerprint density at radius 1 is 1.18 bits per heavy atom. The zero-order valence-corrected chi connectivity index (χ0v) is 11.0. The van der Waals surface area contributed by atoms with E-state index in [1.807, 2.05) is 18.7 Å². The van der Waals surface area contributed by atoms with Crippen LogP contribution in [0.25, 0.3) is 0 Å². The first-order valence-electron chi connectivity index (χ1n) is 6.32. The minimum atomic E-state index is -0.0697. The third-order valence-corrected chi connectivity index (χ3v) is 3.11. The molecule has 1 aliphatic heterocycles. The molecular weight excluding hydrogens is 218 g/mol. The quantitative estimate of drug-likeness (QED) is 0.749. The summed E-state index contributed by atoms with van der Waals surface area (Å²) in [6, 6.07) is 0. The lowest BCUT2D eigenvalue weighted by Crippen LogP contribution is -2.51. The number of amides is 2. The number of hydrogen-bond donors (Lipinski definition) is 1. The van der Waals surface area contributed by atoms with Crippen molar-refractivity contribution >= 4 is 11.8 Å². The standard InChI is InChI=1S/C12H23N3O2/c1-4-14-5-7-15(8-6-14)11(16)9-13-12(17)10(2)3/h10H,4-9H2,1-3H3,(H,13,17). The van der Waals surface area contributed by atoms with Gasteiger partial charge in [0.15, 0.2) is 0 Å². The first-order valence-corrected chi connectivity index (χ1v) is 6.32. The van der Waals surface area contributed by atoms with E-state index >= 15 is 0 Å². The van der Waals surface area contributed by atoms with Crippen molar-refractivity contribution in [1.29, 1.82) is 0 Å². The summed E-state index contributed by atoms with van der Waals surface area (Å²) < 4.78 is 0. The summed E-state index contributed by atoms with van der Waals surface area (Å²) in [5.41, 5.74) is 0. The molecule has 17 heavy (non-hydrogen) atoms. The Labute approximate surface area is 103 Å². The van der Waals surface area contributed by atoms with Gasteiger partial charge in [0, 0.05) is 32.1 Å². The van der Waals surface area contributed by atoms with Crippen molar-refractivity contribution in [3.05, 3.63) is 0 Å². The smallest absolute Gasteiger partial charge is 0.242 e. The van der Waals surface area contributed by atoms with Crippen LogP contribution in [0.5, 0.6) is 0 Å². The van der Waals surface area contributed by atoms with Crippen molar-refractivity contribution in [3.63, 3.8) is 0 Å². The molecule has 98 valence electrons. The van der Waals surface area contributed by atoms with E-state index < -0.39 is 0 Å².